The third-order valence-corrected chi connectivity index (χ3v) is 3.44. The normalized spacial score (nSPS) is 12.6. The molecule has 0 aliphatic carbocycles. The molecule has 0 saturated carbocycles. The predicted molar refractivity (Wildman–Crippen MR) is 75.1 cm³/mol. The zero-order valence-electron chi connectivity index (χ0n) is 11.5. The van der Waals surface area contributed by atoms with Crippen LogP contribution in [0.2, 0.25) is 0 Å². The summed E-state index contributed by atoms with van der Waals surface area (Å²) in [4.78, 5) is 0. The minimum Gasteiger partial charge on any atom is -0.383 e. The zero-order valence-corrected chi connectivity index (χ0v) is 13.1. The Hall–Kier alpha value is -1.45. The molecule has 0 aliphatic heterocycles. The first-order valence-corrected chi connectivity index (χ1v) is 6.99. The van der Waals surface area contributed by atoms with Crippen LogP contribution in [-0.4, -0.2) is 40.5 Å². The molecule has 21 heavy (non-hydrogen) atoms. The molecule has 0 saturated heterocycles. The van der Waals surface area contributed by atoms with Gasteiger partial charge in [-0.3, -0.25) is 0 Å². The van der Waals surface area contributed by atoms with Crippen molar-refractivity contribution in [3.8, 4) is 5.69 Å². The predicted octanol–water partition coefficient (Wildman–Crippen LogP) is 2.00. The van der Waals surface area contributed by atoms with Gasteiger partial charge in [0.25, 0.3) is 0 Å². The highest BCUT2D eigenvalue weighted by Gasteiger charge is 2.20. The fourth-order valence-electron chi connectivity index (χ4n) is 1.83. The van der Waals surface area contributed by atoms with E-state index in [1.54, 1.807) is 7.11 Å². The van der Waals surface area contributed by atoms with Crippen LogP contribution < -0.4 is 5.32 Å². The van der Waals surface area contributed by atoms with Gasteiger partial charge >= 0.3 is 0 Å². The van der Waals surface area contributed by atoms with E-state index >= 15 is 0 Å². The highest BCUT2D eigenvalue weighted by Crippen LogP contribution is 2.26. The first kappa shape index (κ1) is 15.9. The second kappa shape index (κ2) is 7.01. The van der Waals surface area contributed by atoms with Gasteiger partial charge in [-0.2, -0.15) is 4.68 Å². The number of aromatic nitrogens is 4. The molecule has 1 atom stereocenters. The average molecular weight is 362 g/mol. The Bertz CT molecular complexity index is 598. The molecule has 114 valence electrons. The van der Waals surface area contributed by atoms with Crippen molar-refractivity contribution >= 4 is 15.9 Å². The van der Waals surface area contributed by atoms with Crippen LogP contribution in [0.15, 0.2) is 16.6 Å². The van der Waals surface area contributed by atoms with E-state index in [0.29, 0.717) is 19.0 Å². The molecule has 2 aromatic rings. The maximum Gasteiger partial charge on any atom is 0.173 e. The molecule has 6 nitrogen and oxygen atoms in total. The molecule has 0 bridgehead atoms. The maximum absolute atomic E-state index is 14.0. The number of methoxy groups -OCH3 is 1. The fraction of sp³-hybridized carbons (Fsp3) is 0.417. The number of nitrogens with one attached hydrogen (secondary N) is 1. The number of hydrogen-bond donors (Lipinski definition) is 1. The van der Waals surface area contributed by atoms with Crippen LogP contribution in [0, 0.1) is 11.6 Å². The first-order valence-electron chi connectivity index (χ1n) is 6.20. The maximum atomic E-state index is 14.0. The van der Waals surface area contributed by atoms with Gasteiger partial charge in [0.1, 0.15) is 11.5 Å². The Balaban J connectivity index is 2.32. The van der Waals surface area contributed by atoms with Gasteiger partial charge in [-0.05, 0) is 39.3 Å². The van der Waals surface area contributed by atoms with Gasteiger partial charge in [0.2, 0.25) is 0 Å². The Morgan fingerprint density at radius 3 is 2.86 bits per heavy atom. The summed E-state index contributed by atoms with van der Waals surface area (Å²) < 4.78 is 33.6. The van der Waals surface area contributed by atoms with E-state index in [0.717, 1.165) is 12.1 Å². The van der Waals surface area contributed by atoms with Gasteiger partial charge in [-0.15, -0.1) is 5.10 Å². The van der Waals surface area contributed by atoms with Crippen LogP contribution in [0.4, 0.5) is 8.78 Å². The lowest BCUT2D eigenvalue weighted by Gasteiger charge is -2.14. The lowest BCUT2D eigenvalue weighted by atomic mass is 10.2. The third kappa shape index (κ3) is 3.60. The number of tetrazole rings is 1. The molecule has 9 heteroatoms. The Morgan fingerprint density at radius 1 is 1.43 bits per heavy atom. The number of benzene rings is 1. The molecule has 0 amide bonds. The van der Waals surface area contributed by atoms with Crippen molar-refractivity contribution in [2.24, 2.45) is 0 Å². The van der Waals surface area contributed by atoms with E-state index in [2.05, 4.69) is 36.8 Å². The van der Waals surface area contributed by atoms with Gasteiger partial charge in [-0.25, -0.2) is 8.78 Å². The zero-order chi connectivity index (χ0) is 15.4. The second-order valence-electron chi connectivity index (χ2n) is 4.34. The summed E-state index contributed by atoms with van der Waals surface area (Å²) >= 11 is 3.13. The van der Waals surface area contributed by atoms with Gasteiger partial charge in [0.15, 0.2) is 11.6 Å². The molecule has 0 spiro atoms. The topological polar surface area (TPSA) is 64.9 Å². The summed E-state index contributed by atoms with van der Waals surface area (Å²) in [7, 11) is 1.60. The molecule has 1 N–H and O–H groups in total. The number of halogens is 3. The van der Waals surface area contributed by atoms with Gasteiger partial charge in [0.05, 0.1) is 12.6 Å². The van der Waals surface area contributed by atoms with Crippen LogP contribution in [0.1, 0.15) is 18.8 Å². The van der Waals surface area contributed by atoms with E-state index in [1.807, 2.05) is 6.92 Å². The highest BCUT2D eigenvalue weighted by molar-refractivity contribution is 9.10. The highest BCUT2D eigenvalue weighted by atomic mass is 79.9. The number of rotatable bonds is 6. The summed E-state index contributed by atoms with van der Waals surface area (Å²) in [5.74, 6) is -1.01. The van der Waals surface area contributed by atoms with Crippen LogP contribution >= 0.6 is 15.9 Å². The van der Waals surface area contributed by atoms with Crippen LogP contribution in [0.25, 0.3) is 5.69 Å². The molecule has 1 aromatic heterocycles. The van der Waals surface area contributed by atoms with E-state index in [1.165, 1.54) is 4.68 Å². The van der Waals surface area contributed by atoms with Crippen molar-refractivity contribution in [2.75, 3.05) is 20.3 Å². The fourth-order valence-corrected chi connectivity index (χ4v) is 2.41. The molecule has 0 radical (unpaired) electrons. The molecular formula is C12H14BrF2N5O. The van der Waals surface area contributed by atoms with E-state index in [9.17, 15) is 8.78 Å². The van der Waals surface area contributed by atoms with Gasteiger partial charge in [0, 0.05) is 24.2 Å². The van der Waals surface area contributed by atoms with E-state index in [4.69, 9.17) is 4.74 Å². The van der Waals surface area contributed by atoms with Crippen LogP contribution in [0.3, 0.4) is 0 Å². The van der Waals surface area contributed by atoms with Crippen molar-refractivity contribution in [1.82, 2.24) is 25.5 Å². The second-order valence-corrected chi connectivity index (χ2v) is 5.19. The van der Waals surface area contributed by atoms with E-state index in [-0.39, 0.29) is 16.2 Å². The molecular weight excluding hydrogens is 348 g/mol. The minimum absolute atomic E-state index is 0.0665. The summed E-state index contributed by atoms with van der Waals surface area (Å²) in [6.45, 7) is 2.96. The van der Waals surface area contributed by atoms with Crippen LogP contribution in [0.5, 0.6) is 0 Å². The molecule has 1 unspecified atom stereocenters. The number of nitrogens with zero attached hydrogens (tertiary/aromatic N) is 4. The standard InChI is InChI=1S/C12H14BrF2N5O/c1-7(16-3-4-21-2)12-17-18-19-20(12)11-9(13)5-8(14)6-10(11)15/h5-7,16H,3-4H2,1-2H3. The quantitative estimate of drug-likeness (QED) is 0.797. The number of ether oxygens (including phenoxy) is 1. The number of hydrogen-bond acceptors (Lipinski definition) is 5. The Morgan fingerprint density at radius 2 is 2.19 bits per heavy atom. The minimum atomic E-state index is -0.750. The third-order valence-electron chi connectivity index (χ3n) is 2.83. The molecule has 2 rings (SSSR count). The summed E-state index contributed by atoms with van der Waals surface area (Å²) in [6, 6.07) is 1.72. The van der Waals surface area contributed by atoms with E-state index < -0.39 is 11.6 Å². The molecule has 0 fully saturated rings. The molecule has 1 heterocycles. The first-order chi connectivity index (χ1) is 10.0. The van der Waals surface area contributed by atoms with Crippen molar-refractivity contribution in [2.45, 2.75) is 13.0 Å². The van der Waals surface area contributed by atoms with Crippen molar-refractivity contribution in [1.29, 1.82) is 0 Å². The van der Waals surface area contributed by atoms with Crippen LogP contribution in [-0.2, 0) is 4.74 Å². The lowest BCUT2D eigenvalue weighted by molar-refractivity contribution is 0.196. The lowest BCUT2D eigenvalue weighted by Crippen LogP contribution is -2.25. The molecule has 0 aliphatic rings. The summed E-state index contributed by atoms with van der Waals surface area (Å²) in [5, 5.41) is 14.4. The Labute approximate surface area is 128 Å². The monoisotopic (exact) mass is 361 g/mol. The van der Waals surface area contributed by atoms with Gasteiger partial charge in [-0.1, -0.05) is 0 Å². The van der Waals surface area contributed by atoms with Crippen molar-refractivity contribution in [3.05, 3.63) is 34.1 Å². The SMILES string of the molecule is COCCNC(C)c1nnnn1-c1c(F)cc(F)cc1Br. The largest absolute Gasteiger partial charge is 0.383 e. The Kier molecular flexibility index (Phi) is 5.32. The van der Waals surface area contributed by atoms with Crippen molar-refractivity contribution in [3.63, 3.8) is 0 Å². The summed E-state index contributed by atoms with van der Waals surface area (Å²) in [5.41, 5.74) is 0.0665. The molecule has 1 aromatic carbocycles. The average Bonchev–Trinajstić information content (AvgIpc) is 2.87. The summed E-state index contributed by atoms with van der Waals surface area (Å²) in [6.07, 6.45) is 0. The van der Waals surface area contributed by atoms with Gasteiger partial charge < -0.3 is 10.1 Å². The van der Waals surface area contributed by atoms with Crippen molar-refractivity contribution < 1.29 is 13.5 Å². The smallest absolute Gasteiger partial charge is 0.173 e.